The number of aromatic amines is 1. The van der Waals surface area contributed by atoms with E-state index in [4.69, 9.17) is 14.5 Å². The van der Waals surface area contributed by atoms with E-state index >= 15 is 0 Å². The predicted octanol–water partition coefficient (Wildman–Crippen LogP) is 2.92. The van der Waals surface area contributed by atoms with E-state index < -0.39 is 0 Å². The van der Waals surface area contributed by atoms with Crippen LogP contribution < -0.4 is 4.74 Å². The van der Waals surface area contributed by atoms with Crippen LogP contribution in [0.4, 0.5) is 0 Å². The van der Waals surface area contributed by atoms with E-state index in [1.54, 1.807) is 7.11 Å². The van der Waals surface area contributed by atoms with Crippen molar-refractivity contribution in [3.05, 3.63) is 42.4 Å². The summed E-state index contributed by atoms with van der Waals surface area (Å²) in [6.07, 6.45) is 4.90. The van der Waals surface area contributed by atoms with Gasteiger partial charge in [-0.2, -0.15) is 0 Å². The fourth-order valence-electron chi connectivity index (χ4n) is 5.01. The van der Waals surface area contributed by atoms with Crippen LogP contribution in [0.5, 0.6) is 5.88 Å². The van der Waals surface area contributed by atoms with E-state index in [1.807, 2.05) is 30.5 Å². The molecule has 3 aromatic rings. The molecule has 1 aromatic carbocycles. The van der Waals surface area contributed by atoms with Gasteiger partial charge in [-0.1, -0.05) is 18.2 Å². The van der Waals surface area contributed by atoms with Gasteiger partial charge in [-0.05, 0) is 30.9 Å². The number of ether oxygens (including phenoxy) is 2. The third-order valence-electron chi connectivity index (χ3n) is 6.80. The number of carbonyl (C=O) groups excluding carboxylic acids is 1. The van der Waals surface area contributed by atoms with E-state index in [9.17, 15) is 4.79 Å². The molecule has 0 saturated carbocycles. The van der Waals surface area contributed by atoms with E-state index in [1.165, 1.54) is 0 Å². The predicted molar refractivity (Wildman–Crippen MR) is 126 cm³/mol. The number of para-hydroxylation sites is 1. The summed E-state index contributed by atoms with van der Waals surface area (Å²) in [6, 6.07) is 10.1. The largest absolute Gasteiger partial charge is 0.480 e. The average Bonchev–Trinajstić information content (AvgIpc) is 3.50. The molecule has 8 nitrogen and oxygen atoms in total. The number of carbonyl (C=O) groups is 1. The van der Waals surface area contributed by atoms with Gasteiger partial charge in [-0.15, -0.1) is 0 Å². The van der Waals surface area contributed by atoms with Crippen molar-refractivity contribution in [3.8, 4) is 17.1 Å². The maximum atomic E-state index is 11.4. The van der Waals surface area contributed by atoms with Gasteiger partial charge < -0.3 is 24.2 Å². The molecule has 2 aromatic heterocycles. The summed E-state index contributed by atoms with van der Waals surface area (Å²) in [4.78, 5) is 29.1. The summed E-state index contributed by atoms with van der Waals surface area (Å²) in [7, 11) is 1.64. The molecule has 0 bridgehead atoms. The molecule has 2 aliphatic heterocycles. The Balaban J connectivity index is 1.39. The summed E-state index contributed by atoms with van der Waals surface area (Å²) in [5, 5.41) is 1.05. The number of aromatic nitrogens is 3. The second-order valence-corrected chi connectivity index (χ2v) is 8.92. The van der Waals surface area contributed by atoms with Crippen molar-refractivity contribution in [2.75, 3.05) is 53.0 Å². The first-order valence-corrected chi connectivity index (χ1v) is 11.7. The Morgan fingerprint density at radius 3 is 2.97 bits per heavy atom. The molecule has 0 spiro atoms. The average molecular weight is 450 g/mol. The van der Waals surface area contributed by atoms with Gasteiger partial charge in [0.15, 0.2) is 0 Å². The van der Waals surface area contributed by atoms with Crippen LogP contribution in [0.3, 0.4) is 0 Å². The maximum absolute atomic E-state index is 11.4. The zero-order valence-electron chi connectivity index (χ0n) is 19.1. The van der Waals surface area contributed by atoms with E-state index in [0.29, 0.717) is 18.3 Å². The summed E-state index contributed by atoms with van der Waals surface area (Å²) in [5.41, 5.74) is 2.65. The summed E-state index contributed by atoms with van der Waals surface area (Å²) in [5.74, 6) is 2.07. The fraction of sp³-hybridized carbons (Fsp3) is 0.480. The lowest BCUT2D eigenvalue weighted by Gasteiger charge is -2.25. The molecule has 2 atom stereocenters. The highest BCUT2D eigenvalue weighted by Gasteiger charge is 2.29. The van der Waals surface area contributed by atoms with Gasteiger partial charge in [0, 0.05) is 38.2 Å². The summed E-state index contributed by atoms with van der Waals surface area (Å²) >= 11 is 0. The Bertz CT molecular complexity index is 1090. The molecule has 1 N–H and O–H groups in total. The van der Waals surface area contributed by atoms with Gasteiger partial charge in [-0.25, -0.2) is 9.97 Å². The van der Waals surface area contributed by atoms with Crippen LogP contribution in [-0.4, -0.2) is 84.1 Å². The number of aldehydes is 1. The number of nitrogens with zero attached hydrogens (tertiary/aromatic N) is 4. The number of imidazole rings is 1. The molecule has 4 heterocycles. The van der Waals surface area contributed by atoms with Crippen LogP contribution in [0.2, 0.25) is 0 Å². The van der Waals surface area contributed by atoms with E-state index in [-0.39, 0.29) is 6.04 Å². The lowest BCUT2D eigenvalue weighted by molar-refractivity contribution is -0.109. The zero-order chi connectivity index (χ0) is 22.6. The van der Waals surface area contributed by atoms with Gasteiger partial charge >= 0.3 is 0 Å². The van der Waals surface area contributed by atoms with Gasteiger partial charge in [0.2, 0.25) is 5.88 Å². The smallest absolute Gasteiger partial charge is 0.223 e. The molecule has 2 saturated heterocycles. The van der Waals surface area contributed by atoms with Gasteiger partial charge in [0.25, 0.3) is 0 Å². The number of rotatable bonds is 7. The Morgan fingerprint density at radius 1 is 1.24 bits per heavy atom. The topological polar surface area (TPSA) is 83.6 Å². The molecule has 2 fully saturated rings. The lowest BCUT2D eigenvalue weighted by atomic mass is 10.1. The van der Waals surface area contributed by atoms with E-state index in [2.05, 4.69) is 25.8 Å². The molecule has 0 radical (unpaired) electrons. The van der Waals surface area contributed by atoms with Gasteiger partial charge in [-0.3, -0.25) is 4.90 Å². The monoisotopic (exact) mass is 449 g/mol. The minimum Gasteiger partial charge on any atom is -0.480 e. The molecular formula is C25H31N5O3. The molecule has 5 rings (SSSR count). The van der Waals surface area contributed by atoms with Crippen molar-refractivity contribution in [1.82, 2.24) is 24.8 Å². The standard InChI is InChI=1S/C25H31N5O3/c1-32-25-20(14-19-4-2-3-5-21(19)28-25)22-15-26-24(27-22)23-6-8-29(9-10-30(23)11-12-31)16-18-7-13-33-17-18/h2-5,12,14-15,18,23H,6-11,13,16-17H2,1H3,(H,26,27). The first-order chi connectivity index (χ1) is 16.2. The number of nitrogens with one attached hydrogen (secondary N) is 1. The lowest BCUT2D eigenvalue weighted by Crippen LogP contribution is -2.35. The van der Waals surface area contributed by atoms with Crippen molar-refractivity contribution in [1.29, 1.82) is 0 Å². The van der Waals surface area contributed by atoms with Gasteiger partial charge in [0.1, 0.15) is 12.1 Å². The normalized spacial score (nSPS) is 22.5. The number of pyridine rings is 1. The Labute approximate surface area is 193 Å². The SMILES string of the molecule is COc1nc2ccccc2cc1-c1cnc(C2CCN(CC3CCOC3)CCN2CC=O)[nH]1. The number of methoxy groups -OCH3 is 1. The Kier molecular flexibility index (Phi) is 6.66. The second kappa shape index (κ2) is 9.99. The van der Waals surface area contributed by atoms with Crippen LogP contribution in [0.25, 0.3) is 22.2 Å². The maximum Gasteiger partial charge on any atom is 0.223 e. The molecule has 2 unspecified atom stereocenters. The molecule has 2 aliphatic rings. The van der Waals surface area contributed by atoms with Crippen molar-refractivity contribution >= 4 is 17.2 Å². The molecule has 0 aliphatic carbocycles. The van der Waals surface area contributed by atoms with Crippen molar-refractivity contribution in [3.63, 3.8) is 0 Å². The highest BCUT2D eigenvalue weighted by atomic mass is 16.5. The van der Waals surface area contributed by atoms with Crippen LogP contribution in [-0.2, 0) is 9.53 Å². The number of H-pyrrole nitrogens is 1. The first-order valence-electron chi connectivity index (χ1n) is 11.7. The fourth-order valence-corrected chi connectivity index (χ4v) is 5.01. The van der Waals surface area contributed by atoms with Crippen LogP contribution in [0, 0.1) is 5.92 Å². The summed E-state index contributed by atoms with van der Waals surface area (Å²) in [6.45, 7) is 5.98. The minimum atomic E-state index is 0.0631. The van der Waals surface area contributed by atoms with Gasteiger partial charge in [0.05, 0.1) is 49.3 Å². The van der Waals surface area contributed by atoms with Crippen LogP contribution in [0.15, 0.2) is 36.5 Å². The third-order valence-corrected chi connectivity index (χ3v) is 6.80. The number of hydrogen-bond donors (Lipinski definition) is 1. The quantitative estimate of drug-likeness (QED) is 0.555. The van der Waals surface area contributed by atoms with Crippen molar-refractivity contribution in [2.45, 2.75) is 18.9 Å². The van der Waals surface area contributed by atoms with Crippen LogP contribution in [0.1, 0.15) is 24.7 Å². The van der Waals surface area contributed by atoms with Crippen molar-refractivity contribution < 1.29 is 14.3 Å². The van der Waals surface area contributed by atoms with E-state index in [0.717, 1.165) is 86.5 Å². The molecule has 33 heavy (non-hydrogen) atoms. The van der Waals surface area contributed by atoms with Crippen LogP contribution >= 0.6 is 0 Å². The second-order valence-electron chi connectivity index (χ2n) is 8.92. The number of fused-ring (bicyclic) bond motifs is 1. The molecular weight excluding hydrogens is 418 g/mol. The van der Waals surface area contributed by atoms with Crippen molar-refractivity contribution in [2.24, 2.45) is 5.92 Å². The number of hydrogen-bond acceptors (Lipinski definition) is 7. The highest BCUT2D eigenvalue weighted by molar-refractivity contribution is 5.85. The minimum absolute atomic E-state index is 0.0631. The third kappa shape index (κ3) is 4.78. The first kappa shape index (κ1) is 22.0. The highest BCUT2D eigenvalue weighted by Crippen LogP contribution is 2.33. The Hall–Kier alpha value is -2.81. The molecule has 174 valence electrons. The molecule has 8 heteroatoms. The molecule has 0 amide bonds. The number of benzene rings is 1. The Morgan fingerprint density at radius 2 is 2.15 bits per heavy atom. The summed E-state index contributed by atoms with van der Waals surface area (Å²) < 4.78 is 11.1. The zero-order valence-corrected chi connectivity index (χ0v) is 19.1.